The van der Waals surface area contributed by atoms with Gasteiger partial charge >= 0.3 is 0 Å². The minimum atomic E-state index is -2.65. The summed E-state index contributed by atoms with van der Waals surface area (Å²) >= 11 is 0. The molecule has 2 aromatic rings. The number of aliphatic hydroxyl groups is 1. The van der Waals surface area contributed by atoms with Crippen LogP contribution in [0.3, 0.4) is 0 Å². The molecule has 4 aliphatic carbocycles. The van der Waals surface area contributed by atoms with E-state index < -0.39 is 12.0 Å². The van der Waals surface area contributed by atoms with Crippen molar-refractivity contribution in [2.45, 2.75) is 83.3 Å². The Morgan fingerprint density at radius 1 is 1.15 bits per heavy atom. The molecule has 0 aromatic carbocycles. The fourth-order valence-electron chi connectivity index (χ4n) is 8.91. The zero-order valence-corrected chi connectivity index (χ0v) is 19.9. The molecule has 1 N–H and O–H groups in total. The summed E-state index contributed by atoms with van der Waals surface area (Å²) in [4.78, 5) is 17.6. The second kappa shape index (κ2) is 8.07. The fraction of sp³-hybridized carbons (Fsp3) is 0.741. The summed E-state index contributed by atoms with van der Waals surface area (Å²) in [7, 11) is 0. The third-order valence-corrected chi connectivity index (χ3v) is 10.5. The van der Waals surface area contributed by atoms with Gasteiger partial charge in [-0.1, -0.05) is 6.92 Å². The van der Waals surface area contributed by atoms with Crippen LogP contribution in [0.5, 0.6) is 0 Å². The highest BCUT2D eigenvalue weighted by Crippen LogP contribution is 2.65. The van der Waals surface area contributed by atoms with Crippen LogP contribution in [-0.4, -0.2) is 37.7 Å². The Hall–Kier alpha value is -1.89. The molecule has 0 bridgehead atoms. The average Bonchev–Trinajstić information content (AvgIpc) is 3.38. The van der Waals surface area contributed by atoms with Crippen molar-refractivity contribution in [2.75, 3.05) is 0 Å². The van der Waals surface area contributed by atoms with Gasteiger partial charge in [0.1, 0.15) is 11.1 Å². The van der Waals surface area contributed by atoms with Gasteiger partial charge in [0.25, 0.3) is 6.43 Å². The van der Waals surface area contributed by atoms with E-state index in [1.54, 1.807) is 17.1 Å². The van der Waals surface area contributed by atoms with Gasteiger partial charge in [0, 0.05) is 23.7 Å². The first kappa shape index (κ1) is 22.6. The van der Waals surface area contributed by atoms with Crippen LogP contribution in [0.1, 0.15) is 64.7 Å². The first-order valence-electron chi connectivity index (χ1n) is 13.1. The van der Waals surface area contributed by atoms with E-state index in [1.165, 1.54) is 0 Å². The van der Waals surface area contributed by atoms with E-state index in [4.69, 9.17) is 0 Å². The second-order valence-corrected chi connectivity index (χ2v) is 12.0. The third kappa shape index (κ3) is 3.44. The zero-order chi connectivity index (χ0) is 23.7. The minimum absolute atomic E-state index is 0.0254. The lowest BCUT2D eigenvalue weighted by atomic mass is 9.49. The number of ketones is 1. The van der Waals surface area contributed by atoms with Crippen molar-refractivity contribution in [1.82, 2.24) is 14.8 Å². The van der Waals surface area contributed by atoms with E-state index >= 15 is 0 Å². The van der Waals surface area contributed by atoms with Gasteiger partial charge in [-0.2, -0.15) is 5.10 Å². The summed E-state index contributed by atoms with van der Waals surface area (Å²) < 4.78 is 28.7. The number of aromatic nitrogens is 3. The van der Waals surface area contributed by atoms with Crippen LogP contribution in [0.15, 0.2) is 24.7 Å². The van der Waals surface area contributed by atoms with E-state index in [0.29, 0.717) is 30.2 Å². The molecule has 1 unspecified atom stereocenters. The lowest BCUT2D eigenvalue weighted by Gasteiger charge is -2.57. The van der Waals surface area contributed by atoms with Crippen molar-refractivity contribution >= 4 is 16.7 Å². The van der Waals surface area contributed by atoms with E-state index in [9.17, 15) is 18.7 Å². The van der Waals surface area contributed by atoms with Crippen LogP contribution in [0, 0.1) is 40.9 Å². The number of fused-ring (bicyclic) bond motifs is 6. The average molecular weight is 472 g/mol. The number of hydrogen-bond acceptors (Lipinski definition) is 4. The summed E-state index contributed by atoms with van der Waals surface area (Å²) in [6.45, 7) is 2.65. The van der Waals surface area contributed by atoms with Gasteiger partial charge in [-0.05, 0) is 98.9 Å². The van der Waals surface area contributed by atoms with Crippen LogP contribution in [-0.2, 0) is 11.3 Å². The van der Waals surface area contributed by atoms with Gasteiger partial charge in [-0.25, -0.2) is 8.78 Å². The topological polar surface area (TPSA) is 68.0 Å². The number of nitrogens with zero attached hydrogens (tertiary/aromatic N) is 3. The highest BCUT2D eigenvalue weighted by molar-refractivity contribution is 5.83. The summed E-state index contributed by atoms with van der Waals surface area (Å²) in [6, 6.07) is 1.92. The Kier molecular flexibility index (Phi) is 5.36. The van der Waals surface area contributed by atoms with E-state index in [-0.39, 0.29) is 35.9 Å². The molecule has 4 fully saturated rings. The first-order valence-corrected chi connectivity index (χ1v) is 13.1. The molecular weight excluding hydrogens is 436 g/mol. The Bertz CT molecular complexity index is 1060. The Morgan fingerprint density at radius 3 is 2.76 bits per heavy atom. The Morgan fingerprint density at radius 2 is 1.97 bits per heavy atom. The maximum absolute atomic E-state index is 13.5. The van der Waals surface area contributed by atoms with Gasteiger partial charge in [0.05, 0.1) is 12.7 Å². The third-order valence-electron chi connectivity index (χ3n) is 10.5. The van der Waals surface area contributed by atoms with Crippen LogP contribution in [0.25, 0.3) is 10.9 Å². The number of halogens is 2. The van der Waals surface area contributed by atoms with Gasteiger partial charge in [-0.3, -0.25) is 14.5 Å². The molecule has 0 aliphatic heterocycles. The number of rotatable bonds is 4. The van der Waals surface area contributed by atoms with Gasteiger partial charge in [-0.15, -0.1) is 0 Å². The molecule has 34 heavy (non-hydrogen) atoms. The summed E-state index contributed by atoms with van der Waals surface area (Å²) in [5, 5.41) is 16.0. The predicted octanol–water partition coefficient (Wildman–Crippen LogP) is 5.27. The maximum atomic E-state index is 13.5. The van der Waals surface area contributed by atoms with Crippen LogP contribution >= 0.6 is 0 Å². The highest BCUT2D eigenvalue weighted by atomic mass is 19.3. The van der Waals surface area contributed by atoms with Crippen molar-refractivity contribution < 1.29 is 18.7 Å². The molecule has 6 rings (SSSR count). The monoisotopic (exact) mass is 471 g/mol. The molecule has 0 amide bonds. The van der Waals surface area contributed by atoms with Crippen LogP contribution in [0.2, 0.25) is 0 Å². The smallest absolute Gasteiger partial charge is 0.266 e. The molecule has 2 aromatic heterocycles. The molecular formula is C27H35F2N3O2. The lowest BCUT2D eigenvalue weighted by molar-refractivity contribution is -0.160. The van der Waals surface area contributed by atoms with Crippen LogP contribution < -0.4 is 0 Å². The molecule has 0 saturated heterocycles. The summed E-state index contributed by atoms with van der Waals surface area (Å²) in [5.74, 6) is 2.74. The van der Waals surface area contributed by atoms with Crippen molar-refractivity contribution in [1.29, 1.82) is 0 Å². The van der Waals surface area contributed by atoms with Crippen molar-refractivity contribution in [3.05, 3.63) is 24.7 Å². The molecule has 0 spiro atoms. The Balaban J connectivity index is 1.17. The molecule has 8 atom stereocenters. The second-order valence-electron chi connectivity index (χ2n) is 12.0. The number of carbonyl (C=O) groups excluding carboxylic acids is 1. The van der Waals surface area contributed by atoms with Gasteiger partial charge in [0.15, 0.2) is 5.78 Å². The maximum Gasteiger partial charge on any atom is 0.266 e. The molecule has 7 heteroatoms. The Labute approximate surface area is 199 Å². The molecule has 5 nitrogen and oxygen atoms in total. The van der Waals surface area contributed by atoms with Crippen molar-refractivity contribution in [3.8, 4) is 0 Å². The lowest BCUT2D eigenvalue weighted by Crippen LogP contribution is -2.53. The quantitative estimate of drug-likeness (QED) is 0.660. The molecule has 2 heterocycles. The van der Waals surface area contributed by atoms with E-state index in [0.717, 1.165) is 55.8 Å². The number of Topliss-reactive ketones (excluding diaryl/α,β-unsaturated/α-hetero) is 1. The molecule has 4 aliphatic rings. The number of hydrogen-bond donors (Lipinski definition) is 1. The standard InChI is InChI=1S/C27H35F2N3O2/c1-26-9-6-19-18-7-10-27(34,25(28)29)12-16(18)2-3-20(19)21(26)4-5-22(26)24(33)15-32-14-17-8-11-30-13-23(17)31-32/h8,11,13-14,16,18-22,25,34H,2-7,9-10,12,15H2,1H3/t16-,18?,19-,20-,21+,22-,26+,27-/m1/s1. The largest absolute Gasteiger partial charge is 0.384 e. The van der Waals surface area contributed by atoms with E-state index in [1.807, 2.05) is 12.3 Å². The molecule has 184 valence electrons. The van der Waals surface area contributed by atoms with Crippen molar-refractivity contribution in [2.24, 2.45) is 40.9 Å². The zero-order valence-electron chi connectivity index (χ0n) is 19.9. The summed E-state index contributed by atoms with van der Waals surface area (Å²) in [6.07, 6.45) is 10.2. The highest BCUT2D eigenvalue weighted by Gasteiger charge is 2.59. The number of carbonyl (C=O) groups is 1. The SMILES string of the molecule is C[C@]12CC[C@@H]3C4CC[C@](O)(C(F)F)C[C@H]4CC[C@H]3[C@@H]1CC[C@@H]2C(=O)Cn1cc2ccncc2n1. The normalized spacial score (nSPS) is 41.8. The fourth-order valence-corrected chi connectivity index (χ4v) is 8.91. The van der Waals surface area contributed by atoms with Gasteiger partial charge < -0.3 is 5.11 Å². The molecule has 4 saturated carbocycles. The molecule has 0 radical (unpaired) electrons. The van der Waals surface area contributed by atoms with Gasteiger partial charge in [0.2, 0.25) is 0 Å². The first-order chi connectivity index (χ1) is 16.3. The van der Waals surface area contributed by atoms with Crippen molar-refractivity contribution in [3.63, 3.8) is 0 Å². The van der Waals surface area contributed by atoms with Crippen LogP contribution in [0.4, 0.5) is 8.78 Å². The number of pyridine rings is 1. The summed E-state index contributed by atoms with van der Waals surface area (Å²) in [5.41, 5.74) is -0.943. The number of alkyl halides is 2. The minimum Gasteiger partial charge on any atom is -0.384 e. The van der Waals surface area contributed by atoms with E-state index in [2.05, 4.69) is 17.0 Å². The predicted molar refractivity (Wildman–Crippen MR) is 124 cm³/mol.